The summed E-state index contributed by atoms with van der Waals surface area (Å²) in [5, 5.41) is 33.0. The van der Waals surface area contributed by atoms with Gasteiger partial charge in [-0.25, -0.2) is 4.79 Å². The molecule has 5 heteroatoms. The number of hydrogen-bond donors (Lipinski definition) is 3. The first kappa shape index (κ1) is 17.3. The zero-order chi connectivity index (χ0) is 18.4. The van der Waals surface area contributed by atoms with E-state index >= 15 is 0 Å². The van der Waals surface area contributed by atoms with E-state index in [1.165, 1.54) is 0 Å². The highest BCUT2D eigenvalue weighted by Crippen LogP contribution is 2.64. The van der Waals surface area contributed by atoms with Crippen molar-refractivity contribution in [1.29, 1.82) is 0 Å². The molecule has 0 saturated heterocycles. The van der Waals surface area contributed by atoms with E-state index in [0.29, 0.717) is 17.6 Å². The molecule has 0 aromatic rings. The Morgan fingerprint density at radius 1 is 1.20 bits per heavy atom. The molecule has 4 rings (SSSR count). The van der Waals surface area contributed by atoms with Gasteiger partial charge in [-0.2, -0.15) is 0 Å². The first-order valence-corrected chi connectivity index (χ1v) is 9.27. The van der Waals surface area contributed by atoms with Crippen LogP contribution in [0, 0.1) is 22.7 Å². The molecule has 138 valence electrons. The van der Waals surface area contributed by atoms with Crippen LogP contribution in [-0.4, -0.2) is 39.3 Å². The maximum atomic E-state index is 12.0. The number of hydrogen-bond acceptors (Lipinski definition) is 5. The molecule has 0 aromatic carbocycles. The van der Waals surface area contributed by atoms with E-state index < -0.39 is 29.9 Å². The molecule has 2 saturated carbocycles. The molecular weight excluding hydrogens is 320 g/mol. The lowest BCUT2D eigenvalue weighted by molar-refractivity contribution is -0.244. The molecule has 5 nitrogen and oxygen atoms in total. The summed E-state index contributed by atoms with van der Waals surface area (Å²) in [6.45, 7) is 8.20. The molecule has 3 N–H and O–H groups in total. The van der Waals surface area contributed by atoms with Crippen molar-refractivity contribution in [2.75, 3.05) is 0 Å². The predicted octanol–water partition coefficient (Wildman–Crippen LogP) is 2.06. The van der Waals surface area contributed by atoms with Crippen LogP contribution in [0.25, 0.3) is 0 Å². The van der Waals surface area contributed by atoms with E-state index in [2.05, 4.69) is 20.8 Å². The average Bonchev–Trinajstić information content (AvgIpc) is 2.73. The Bertz CT molecular complexity index is 705. The fourth-order valence-electron chi connectivity index (χ4n) is 6.28. The van der Waals surface area contributed by atoms with Crippen molar-refractivity contribution in [1.82, 2.24) is 0 Å². The number of rotatable bonds is 0. The second-order valence-electron chi connectivity index (χ2n) is 9.34. The number of aliphatic hydroxyl groups excluding tert-OH is 2. The maximum absolute atomic E-state index is 12.0. The minimum atomic E-state index is -2.00. The summed E-state index contributed by atoms with van der Waals surface area (Å²) in [6.07, 6.45) is 3.49. The van der Waals surface area contributed by atoms with Gasteiger partial charge >= 0.3 is 5.97 Å². The highest BCUT2D eigenvalue weighted by atomic mass is 16.7. The van der Waals surface area contributed by atoms with E-state index in [-0.39, 0.29) is 16.7 Å². The third-order valence-electron chi connectivity index (χ3n) is 7.56. The van der Waals surface area contributed by atoms with Crippen LogP contribution >= 0.6 is 0 Å². The smallest absolute Gasteiger partial charge is 0.337 e. The second kappa shape index (κ2) is 4.96. The van der Waals surface area contributed by atoms with Gasteiger partial charge in [-0.05, 0) is 54.6 Å². The van der Waals surface area contributed by atoms with Crippen LogP contribution in [0.5, 0.6) is 0 Å². The largest absolute Gasteiger partial charge is 0.422 e. The molecule has 0 unspecified atom stereocenters. The maximum Gasteiger partial charge on any atom is 0.337 e. The molecule has 0 aromatic heterocycles. The van der Waals surface area contributed by atoms with Crippen molar-refractivity contribution < 1.29 is 24.9 Å². The van der Waals surface area contributed by atoms with Gasteiger partial charge in [-0.3, -0.25) is 0 Å². The monoisotopic (exact) mass is 348 g/mol. The Hall–Kier alpha value is -1.17. The van der Waals surface area contributed by atoms with Gasteiger partial charge < -0.3 is 20.1 Å². The quantitative estimate of drug-likeness (QED) is 0.583. The van der Waals surface area contributed by atoms with Crippen molar-refractivity contribution in [3.05, 3.63) is 22.8 Å². The van der Waals surface area contributed by atoms with Gasteiger partial charge in [0, 0.05) is 17.1 Å². The molecule has 4 aliphatic rings. The molecule has 6 atom stereocenters. The standard InChI is InChI=1S/C20H28O5/c1-10-12-8-11-13(21)9-14-18(2,3)6-5-7-19(14,4)15(11)16(22)20(12,24)25-17(10)23/h8,13-16,21-22,24H,5-7,9H2,1-4H3/t13-,14+,15-,16+,19+,20-/m0/s1. The predicted molar refractivity (Wildman–Crippen MR) is 91.2 cm³/mol. The minimum absolute atomic E-state index is 0.0558. The summed E-state index contributed by atoms with van der Waals surface area (Å²) in [6, 6.07) is 0. The van der Waals surface area contributed by atoms with Crippen molar-refractivity contribution in [2.24, 2.45) is 22.7 Å². The Labute approximate surface area is 148 Å². The third kappa shape index (κ3) is 2.03. The van der Waals surface area contributed by atoms with E-state index in [0.717, 1.165) is 24.8 Å². The highest BCUT2D eigenvalue weighted by Gasteiger charge is 2.65. The zero-order valence-electron chi connectivity index (χ0n) is 15.4. The number of esters is 1. The molecule has 1 aliphatic heterocycles. The van der Waals surface area contributed by atoms with Crippen LogP contribution in [0.4, 0.5) is 0 Å². The third-order valence-corrected chi connectivity index (χ3v) is 7.56. The van der Waals surface area contributed by atoms with Gasteiger partial charge in [-0.1, -0.05) is 27.2 Å². The summed E-state index contributed by atoms with van der Waals surface area (Å²) < 4.78 is 5.20. The lowest BCUT2D eigenvalue weighted by Crippen LogP contribution is -2.62. The van der Waals surface area contributed by atoms with Crippen LogP contribution in [0.1, 0.15) is 53.4 Å². The van der Waals surface area contributed by atoms with Gasteiger partial charge in [0.25, 0.3) is 5.79 Å². The zero-order valence-corrected chi connectivity index (χ0v) is 15.4. The van der Waals surface area contributed by atoms with E-state index in [9.17, 15) is 20.1 Å². The van der Waals surface area contributed by atoms with Crippen molar-refractivity contribution in [2.45, 2.75) is 71.4 Å². The van der Waals surface area contributed by atoms with E-state index in [4.69, 9.17) is 4.74 Å². The molecule has 25 heavy (non-hydrogen) atoms. The van der Waals surface area contributed by atoms with Gasteiger partial charge in [-0.15, -0.1) is 0 Å². The summed E-state index contributed by atoms with van der Waals surface area (Å²) in [5.41, 5.74) is 1.14. The number of ether oxygens (including phenoxy) is 1. The number of carbonyl (C=O) groups is 1. The first-order chi connectivity index (χ1) is 11.5. The summed E-state index contributed by atoms with van der Waals surface area (Å²) >= 11 is 0. The van der Waals surface area contributed by atoms with Crippen molar-refractivity contribution >= 4 is 5.97 Å². The second-order valence-corrected chi connectivity index (χ2v) is 9.34. The minimum Gasteiger partial charge on any atom is -0.422 e. The van der Waals surface area contributed by atoms with Crippen LogP contribution in [0.2, 0.25) is 0 Å². The van der Waals surface area contributed by atoms with Gasteiger partial charge in [0.05, 0.1) is 6.10 Å². The normalized spacial score (nSPS) is 48.3. The van der Waals surface area contributed by atoms with Crippen LogP contribution < -0.4 is 0 Å². The molecule has 1 heterocycles. The number of fused-ring (bicyclic) bond motifs is 4. The molecule has 0 radical (unpaired) electrons. The molecule has 0 amide bonds. The number of carbonyl (C=O) groups excluding carboxylic acids is 1. The summed E-state index contributed by atoms with van der Waals surface area (Å²) in [7, 11) is 0. The van der Waals surface area contributed by atoms with Crippen molar-refractivity contribution in [3.63, 3.8) is 0 Å². The van der Waals surface area contributed by atoms with Crippen LogP contribution in [-0.2, 0) is 9.53 Å². The molecule has 2 fully saturated rings. The van der Waals surface area contributed by atoms with Gasteiger partial charge in [0.1, 0.15) is 6.10 Å². The molecule has 0 bridgehead atoms. The van der Waals surface area contributed by atoms with E-state index in [1.54, 1.807) is 13.0 Å². The SMILES string of the molecule is CC1=C2C=C3[C@@H](O)C[C@@H]4C(C)(C)CCC[C@@]4(C)[C@@H]3[C@@H](O)[C@@]2(O)OC1=O. The lowest BCUT2D eigenvalue weighted by atomic mass is 9.45. The Morgan fingerprint density at radius 3 is 2.56 bits per heavy atom. The summed E-state index contributed by atoms with van der Waals surface area (Å²) in [5.74, 6) is -2.80. The Balaban J connectivity index is 1.89. The van der Waals surface area contributed by atoms with Gasteiger partial charge in [0.2, 0.25) is 0 Å². The van der Waals surface area contributed by atoms with Crippen LogP contribution in [0.15, 0.2) is 22.8 Å². The summed E-state index contributed by atoms with van der Waals surface area (Å²) in [4.78, 5) is 12.0. The van der Waals surface area contributed by atoms with Crippen molar-refractivity contribution in [3.8, 4) is 0 Å². The van der Waals surface area contributed by atoms with Gasteiger partial charge in [0.15, 0.2) is 0 Å². The Kier molecular flexibility index (Phi) is 3.42. The lowest BCUT2D eigenvalue weighted by Gasteiger charge is -2.61. The fourth-order valence-corrected chi connectivity index (χ4v) is 6.28. The molecule has 0 spiro atoms. The molecule has 3 aliphatic carbocycles. The Morgan fingerprint density at radius 2 is 1.88 bits per heavy atom. The van der Waals surface area contributed by atoms with E-state index in [1.807, 2.05) is 0 Å². The average molecular weight is 348 g/mol. The fraction of sp³-hybridized carbons (Fsp3) is 0.750. The van der Waals surface area contributed by atoms with Crippen LogP contribution in [0.3, 0.4) is 0 Å². The topological polar surface area (TPSA) is 87.0 Å². The first-order valence-electron chi connectivity index (χ1n) is 9.27. The highest BCUT2D eigenvalue weighted by molar-refractivity contribution is 5.93. The molecular formula is C20H28O5. The number of aliphatic hydroxyl groups is 3.